The average molecular weight is 352 g/mol. The number of carbonyl (C=O) groups excluding carboxylic acids is 2. The predicted octanol–water partition coefficient (Wildman–Crippen LogP) is 1.47. The molecule has 2 amide bonds. The zero-order valence-corrected chi connectivity index (χ0v) is 15.0. The number of benzene rings is 1. The Balaban J connectivity index is 1.30. The van der Waals surface area contributed by atoms with Gasteiger partial charge in [0.15, 0.2) is 0 Å². The standard InChI is InChI=1S/C20H24N4O2/c1-16(25)21-10-12-23(13-11-21)19-14-24(15-19)20(26)17-4-6-18(7-5-17)22-8-2-3-9-22/h2-9,19H,10-15H2,1H3. The van der Waals surface area contributed by atoms with Crippen molar-refractivity contribution in [2.45, 2.75) is 13.0 Å². The molecule has 4 rings (SSSR count). The van der Waals surface area contributed by atoms with E-state index in [4.69, 9.17) is 0 Å². The van der Waals surface area contributed by atoms with Gasteiger partial charge in [0.2, 0.25) is 5.91 Å². The molecule has 1 aromatic carbocycles. The van der Waals surface area contributed by atoms with Crippen molar-refractivity contribution in [1.82, 2.24) is 19.3 Å². The molecule has 2 aliphatic heterocycles. The lowest BCUT2D eigenvalue weighted by molar-refractivity contribution is -0.131. The highest BCUT2D eigenvalue weighted by Gasteiger charge is 2.36. The smallest absolute Gasteiger partial charge is 0.253 e. The maximum Gasteiger partial charge on any atom is 0.253 e. The molecule has 3 heterocycles. The number of piperazine rings is 1. The largest absolute Gasteiger partial charge is 0.340 e. The van der Waals surface area contributed by atoms with Crippen LogP contribution in [0.25, 0.3) is 5.69 Å². The molecule has 0 unspecified atom stereocenters. The Morgan fingerprint density at radius 3 is 2.08 bits per heavy atom. The van der Waals surface area contributed by atoms with Crippen molar-refractivity contribution in [3.05, 3.63) is 54.4 Å². The quantitative estimate of drug-likeness (QED) is 0.840. The van der Waals surface area contributed by atoms with Gasteiger partial charge < -0.3 is 14.4 Å². The van der Waals surface area contributed by atoms with Crippen molar-refractivity contribution in [3.8, 4) is 5.69 Å². The van der Waals surface area contributed by atoms with Gasteiger partial charge in [-0.2, -0.15) is 0 Å². The van der Waals surface area contributed by atoms with Crippen molar-refractivity contribution >= 4 is 11.8 Å². The summed E-state index contributed by atoms with van der Waals surface area (Å²) in [6.07, 6.45) is 3.98. The zero-order valence-electron chi connectivity index (χ0n) is 15.0. The highest BCUT2D eigenvalue weighted by molar-refractivity contribution is 5.95. The minimum atomic E-state index is 0.0997. The number of hydrogen-bond donors (Lipinski definition) is 0. The first-order valence-corrected chi connectivity index (χ1v) is 9.14. The summed E-state index contributed by atoms with van der Waals surface area (Å²) in [7, 11) is 0. The van der Waals surface area contributed by atoms with Gasteiger partial charge in [-0.15, -0.1) is 0 Å². The van der Waals surface area contributed by atoms with E-state index in [1.54, 1.807) is 6.92 Å². The van der Waals surface area contributed by atoms with E-state index in [1.165, 1.54) is 0 Å². The third-order valence-electron chi connectivity index (χ3n) is 5.44. The van der Waals surface area contributed by atoms with Crippen LogP contribution in [0.5, 0.6) is 0 Å². The van der Waals surface area contributed by atoms with Gasteiger partial charge >= 0.3 is 0 Å². The van der Waals surface area contributed by atoms with Crippen molar-refractivity contribution in [2.24, 2.45) is 0 Å². The third kappa shape index (κ3) is 3.24. The van der Waals surface area contributed by atoms with Gasteiger partial charge in [-0.25, -0.2) is 0 Å². The van der Waals surface area contributed by atoms with E-state index < -0.39 is 0 Å². The van der Waals surface area contributed by atoms with Crippen molar-refractivity contribution in [3.63, 3.8) is 0 Å². The molecule has 2 aliphatic rings. The summed E-state index contributed by atoms with van der Waals surface area (Å²) in [5.41, 5.74) is 1.79. The van der Waals surface area contributed by atoms with Crippen LogP contribution in [0.3, 0.4) is 0 Å². The van der Waals surface area contributed by atoms with Crippen LogP contribution in [0.1, 0.15) is 17.3 Å². The summed E-state index contributed by atoms with van der Waals surface area (Å²) in [5, 5.41) is 0. The second kappa shape index (κ2) is 6.96. The number of hydrogen-bond acceptors (Lipinski definition) is 3. The number of amides is 2. The van der Waals surface area contributed by atoms with Gasteiger partial charge in [-0.05, 0) is 36.4 Å². The molecule has 0 radical (unpaired) electrons. The Kier molecular flexibility index (Phi) is 4.51. The highest BCUT2D eigenvalue weighted by Crippen LogP contribution is 2.20. The summed E-state index contributed by atoms with van der Waals surface area (Å²) in [6.45, 7) is 6.56. The fourth-order valence-electron chi connectivity index (χ4n) is 3.72. The van der Waals surface area contributed by atoms with Gasteiger partial charge in [-0.3, -0.25) is 14.5 Å². The molecule has 136 valence electrons. The van der Waals surface area contributed by atoms with Crippen LogP contribution in [0, 0.1) is 0 Å². The summed E-state index contributed by atoms with van der Waals surface area (Å²) >= 11 is 0. The molecule has 0 spiro atoms. The van der Waals surface area contributed by atoms with E-state index >= 15 is 0 Å². The molecular formula is C20H24N4O2. The Morgan fingerprint density at radius 1 is 0.885 bits per heavy atom. The SMILES string of the molecule is CC(=O)N1CCN(C2CN(C(=O)c3ccc(-n4cccc4)cc3)C2)CC1. The topological polar surface area (TPSA) is 48.8 Å². The number of carbonyl (C=O) groups is 2. The monoisotopic (exact) mass is 352 g/mol. The van der Waals surface area contributed by atoms with Gasteiger partial charge in [0, 0.05) is 75.9 Å². The van der Waals surface area contributed by atoms with Gasteiger partial charge in [0.25, 0.3) is 5.91 Å². The van der Waals surface area contributed by atoms with Crippen LogP contribution in [-0.4, -0.2) is 76.4 Å². The van der Waals surface area contributed by atoms with Crippen LogP contribution in [0.4, 0.5) is 0 Å². The number of nitrogens with zero attached hydrogens (tertiary/aromatic N) is 4. The molecular weight excluding hydrogens is 328 g/mol. The maximum atomic E-state index is 12.6. The van der Waals surface area contributed by atoms with Crippen LogP contribution in [-0.2, 0) is 4.79 Å². The molecule has 0 saturated carbocycles. The minimum Gasteiger partial charge on any atom is -0.340 e. The van der Waals surface area contributed by atoms with Crippen LogP contribution >= 0.6 is 0 Å². The van der Waals surface area contributed by atoms with E-state index in [2.05, 4.69) is 4.90 Å². The molecule has 0 atom stereocenters. The molecule has 2 saturated heterocycles. The first-order valence-electron chi connectivity index (χ1n) is 9.14. The fourth-order valence-corrected chi connectivity index (χ4v) is 3.72. The highest BCUT2D eigenvalue weighted by atomic mass is 16.2. The number of likely N-dealkylation sites (tertiary alicyclic amines) is 1. The van der Waals surface area contributed by atoms with Crippen LogP contribution < -0.4 is 0 Å². The number of aromatic nitrogens is 1. The van der Waals surface area contributed by atoms with E-state index in [0.29, 0.717) is 6.04 Å². The molecule has 2 aromatic rings. The van der Waals surface area contributed by atoms with Crippen molar-refractivity contribution in [1.29, 1.82) is 0 Å². The van der Waals surface area contributed by atoms with Crippen molar-refractivity contribution in [2.75, 3.05) is 39.3 Å². The molecule has 0 N–H and O–H groups in total. The van der Waals surface area contributed by atoms with E-state index in [-0.39, 0.29) is 11.8 Å². The average Bonchev–Trinajstić information content (AvgIpc) is 3.15. The lowest BCUT2D eigenvalue weighted by atomic mass is 10.0. The first-order chi connectivity index (χ1) is 12.6. The molecule has 6 heteroatoms. The minimum absolute atomic E-state index is 0.0997. The fraction of sp³-hybridized carbons (Fsp3) is 0.400. The molecule has 26 heavy (non-hydrogen) atoms. The summed E-state index contributed by atoms with van der Waals surface area (Å²) < 4.78 is 2.02. The lowest BCUT2D eigenvalue weighted by Gasteiger charge is -2.48. The van der Waals surface area contributed by atoms with E-state index in [0.717, 1.165) is 50.5 Å². The van der Waals surface area contributed by atoms with Gasteiger partial charge in [0.1, 0.15) is 0 Å². The lowest BCUT2D eigenvalue weighted by Crippen LogP contribution is -2.64. The summed E-state index contributed by atoms with van der Waals surface area (Å²) in [4.78, 5) is 30.3. The zero-order chi connectivity index (χ0) is 18.1. The second-order valence-corrected chi connectivity index (χ2v) is 7.04. The third-order valence-corrected chi connectivity index (χ3v) is 5.44. The summed E-state index contributed by atoms with van der Waals surface area (Å²) in [5.74, 6) is 0.251. The molecule has 6 nitrogen and oxygen atoms in total. The molecule has 0 bridgehead atoms. The van der Waals surface area contributed by atoms with E-state index in [1.807, 2.05) is 63.2 Å². The van der Waals surface area contributed by atoms with Gasteiger partial charge in [-0.1, -0.05) is 0 Å². The normalized spacial score (nSPS) is 18.7. The molecule has 2 fully saturated rings. The predicted molar refractivity (Wildman–Crippen MR) is 99.3 cm³/mol. The molecule has 1 aromatic heterocycles. The van der Waals surface area contributed by atoms with Gasteiger partial charge in [0.05, 0.1) is 0 Å². The number of rotatable bonds is 3. The van der Waals surface area contributed by atoms with Crippen LogP contribution in [0.15, 0.2) is 48.8 Å². The second-order valence-electron chi connectivity index (χ2n) is 7.04. The Hall–Kier alpha value is -2.60. The first kappa shape index (κ1) is 16.8. The summed E-state index contributed by atoms with van der Waals surface area (Å²) in [6, 6.07) is 12.1. The Morgan fingerprint density at radius 2 is 1.50 bits per heavy atom. The van der Waals surface area contributed by atoms with Crippen molar-refractivity contribution < 1.29 is 9.59 Å². The van der Waals surface area contributed by atoms with E-state index in [9.17, 15) is 9.59 Å². The van der Waals surface area contributed by atoms with Crippen LogP contribution in [0.2, 0.25) is 0 Å². The Labute approximate surface area is 153 Å². The Bertz CT molecular complexity index is 771. The molecule has 0 aliphatic carbocycles. The maximum absolute atomic E-state index is 12.6.